The molecule has 21 heavy (non-hydrogen) atoms. The Kier molecular flexibility index (Phi) is 4.34. The van der Waals surface area contributed by atoms with E-state index in [9.17, 15) is 0 Å². The Bertz CT molecular complexity index is 605. The van der Waals surface area contributed by atoms with Crippen LogP contribution in [0.1, 0.15) is 32.1 Å². The molecule has 0 unspecified atom stereocenters. The molecule has 0 spiro atoms. The van der Waals surface area contributed by atoms with Crippen LogP contribution in [-0.4, -0.2) is 22.7 Å². The van der Waals surface area contributed by atoms with E-state index >= 15 is 0 Å². The van der Waals surface area contributed by atoms with Gasteiger partial charge in [0.1, 0.15) is 5.75 Å². The van der Waals surface area contributed by atoms with Crippen LogP contribution in [0.4, 0.5) is 5.95 Å². The Morgan fingerprint density at radius 1 is 1.29 bits per heavy atom. The van der Waals surface area contributed by atoms with Crippen molar-refractivity contribution in [2.24, 2.45) is 0 Å². The third-order valence-electron chi connectivity index (χ3n) is 3.98. The summed E-state index contributed by atoms with van der Waals surface area (Å²) in [6.07, 6.45) is 10.1. The lowest BCUT2D eigenvalue weighted by Crippen LogP contribution is -2.24. The number of hydrogen-bond donors (Lipinski definition) is 1. The summed E-state index contributed by atoms with van der Waals surface area (Å²) < 4.78 is 7.43. The molecule has 5 heteroatoms. The summed E-state index contributed by atoms with van der Waals surface area (Å²) >= 11 is 6.13. The molecule has 3 rings (SSSR count). The van der Waals surface area contributed by atoms with E-state index in [0.29, 0.717) is 11.1 Å². The van der Waals surface area contributed by atoms with E-state index in [0.717, 1.165) is 17.4 Å². The fraction of sp³-hybridized carbons (Fsp3) is 0.438. The number of aromatic nitrogens is 2. The summed E-state index contributed by atoms with van der Waals surface area (Å²) in [4.78, 5) is 4.44. The van der Waals surface area contributed by atoms with Gasteiger partial charge in [-0.05, 0) is 31.0 Å². The summed E-state index contributed by atoms with van der Waals surface area (Å²) in [5.74, 6) is 1.63. The standard InChI is InChI=1S/C16H20ClN3O/c1-21-15-8-7-12(17)11-14(15)20-10-9-18-16(20)19-13-5-3-2-4-6-13/h7-11,13H,2-6H2,1H3,(H,18,19). The summed E-state index contributed by atoms with van der Waals surface area (Å²) in [5.41, 5.74) is 0.904. The van der Waals surface area contributed by atoms with Crippen molar-refractivity contribution < 1.29 is 4.74 Å². The van der Waals surface area contributed by atoms with Gasteiger partial charge in [-0.25, -0.2) is 4.98 Å². The molecule has 1 N–H and O–H groups in total. The quantitative estimate of drug-likeness (QED) is 0.916. The summed E-state index contributed by atoms with van der Waals surface area (Å²) in [7, 11) is 1.66. The average molecular weight is 306 g/mol. The molecule has 1 aliphatic rings. The van der Waals surface area contributed by atoms with E-state index in [1.165, 1.54) is 32.1 Å². The van der Waals surface area contributed by atoms with Crippen molar-refractivity contribution in [2.75, 3.05) is 12.4 Å². The smallest absolute Gasteiger partial charge is 0.207 e. The van der Waals surface area contributed by atoms with Crippen LogP contribution in [-0.2, 0) is 0 Å². The van der Waals surface area contributed by atoms with Crippen LogP contribution in [0.15, 0.2) is 30.6 Å². The molecule has 0 aliphatic heterocycles. The minimum Gasteiger partial charge on any atom is -0.495 e. The number of hydrogen-bond acceptors (Lipinski definition) is 3. The van der Waals surface area contributed by atoms with Crippen molar-refractivity contribution in [2.45, 2.75) is 38.1 Å². The van der Waals surface area contributed by atoms with Gasteiger partial charge in [-0.3, -0.25) is 4.57 Å². The predicted octanol–water partition coefficient (Wildman–Crippen LogP) is 4.28. The first-order valence-electron chi connectivity index (χ1n) is 7.42. The van der Waals surface area contributed by atoms with Gasteiger partial charge < -0.3 is 10.1 Å². The second-order valence-corrected chi connectivity index (χ2v) is 5.85. The molecule has 1 aromatic carbocycles. The van der Waals surface area contributed by atoms with E-state index in [-0.39, 0.29) is 0 Å². The minimum absolute atomic E-state index is 0.505. The Morgan fingerprint density at radius 3 is 2.86 bits per heavy atom. The van der Waals surface area contributed by atoms with Gasteiger partial charge in [0.15, 0.2) is 0 Å². The number of rotatable bonds is 4. The minimum atomic E-state index is 0.505. The van der Waals surface area contributed by atoms with Crippen LogP contribution in [0.5, 0.6) is 5.75 Å². The van der Waals surface area contributed by atoms with E-state index in [1.54, 1.807) is 13.3 Å². The zero-order valence-electron chi connectivity index (χ0n) is 12.2. The maximum absolute atomic E-state index is 6.13. The Balaban J connectivity index is 1.89. The normalized spacial score (nSPS) is 15.9. The van der Waals surface area contributed by atoms with Crippen LogP contribution in [0.2, 0.25) is 5.02 Å². The topological polar surface area (TPSA) is 39.1 Å². The first-order valence-corrected chi connectivity index (χ1v) is 7.79. The average Bonchev–Trinajstić information content (AvgIpc) is 2.96. The van der Waals surface area contributed by atoms with Crippen molar-refractivity contribution in [1.29, 1.82) is 0 Å². The molecule has 1 aliphatic carbocycles. The van der Waals surface area contributed by atoms with Crippen LogP contribution < -0.4 is 10.1 Å². The van der Waals surface area contributed by atoms with Gasteiger partial charge in [0.2, 0.25) is 5.95 Å². The van der Waals surface area contributed by atoms with E-state index in [2.05, 4.69) is 10.3 Å². The second kappa shape index (κ2) is 6.39. The van der Waals surface area contributed by atoms with Crippen LogP contribution >= 0.6 is 11.6 Å². The summed E-state index contributed by atoms with van der Waals surface area (Å²) in [6, 6.07) is 6.11. The monoisotopic (exact) mass is 305 g/mol. The van der Waals surface area contributed by atoms with Gasteiger partial charge in [0.05, 0.1) is 12.8 Å². The van der Waals surface area contributed by atoms with Crippen molar-refractivity contribution in [1.82, 2.24) is 9.55 Å². The largest absolute Gasteiger partial charge is 0.495 e. The third-order valence-corrected chi connectivity index (χ3v) is 4.21. The molecule has 0 saturated heterocycles. The zero-order valence-corrected chi connectivity index (χ0v) is 12.9. The van der Waals surface area contributed by atoms with E-state index in [1.807, 2.05) is 29.0 Å². The van der Waals surface area contributed by atoms with Crippen molar-refractivity contribution in [3.63, 3.8) is 0 Å². The first kappa shape index (κ1) is 14.3. The highest BCUT2D eigenvalue weighted by atomic mass is 35.5. The lowest BCUT2D eigenvalue weighted by molar-refractivity contribution is 0.412. The van der Waals surface area contributed by atoms with Crippen LogP contribution in [0.3, 0.4) is 0 Å². The highest BCUT2D eigenvalue weighted by Crippen LogP contribution is 2.29. The van der Waals surface area contributed by atoms with Crippen molar-refractivity contribution in [3.05, 3.63) is 35.6 Å². The fourth-order valence-corrected chi connectivity index (χ4v) is 3.05. The fourth-order valence-electron chi connectivity index (χ4n) is 2.89. The number of ether oxygens (including phenoxy) is 1. The van der Waals surface area contributed by atoms with E-state index in [4.69, 9.17) is 16.3 Å². The number of benzene rings is 1. The van der Waals surface area contributed by atoms with Gasteiger partial charge in [0.25, 0.3) is 0 Å². The highest BCUT2D eigenvalue weighted by molar-refractivity contribution is 6.30. The maximum Gasteiger partial charge on any atom is 0.207 e. The number of methoxy groups -OCH3 is 1. The number of nitrogens with zero attached hydrogens (tertiary/aromatic N) is 2. The molecule has 1 fully saturated rings. The van der Waals surface area contributed by atoms with Gasteiger partial charge in [-0.1, -0.05) is 30.9 Å². The molecular formula is C16H20ClN3O. The summed E-state index contributed by atoms with van der Waals surface area (Å²) in [5, 5.41) is 4.24. The molecule has 0 atom stereocenters. The lowest BCUT2D eigenvalue weighted by Gasteiger charge is -2.24. The molecular weight excluding hydrogens is 286 g/mol. The van der Waals surface area contributed by atoms with Crippen molar-refractivity contribution in [3.8, 4) is 11.4 Å². The molecule has 4 nitrogen and oxygen atoms in total. The molecule has 1 saturated carbocycles. The third kappa shape index (κ3) is 3.16. The van der Waals surface area contributed by atoms with Gasteiger partial charge in [-0.15, -0.1) is 0 Å². The Morgan fingerprint density at radius 2 is 2.10 bits per heavy atom. The number of anilines is 1. The number of imidazole rings is 1. The van der Waals surface area contributed by atoms with Gasteiger partial charge in [0, 0.05) is 23.5 Å². The molecule has 0 amide bonds. The molecule has 1 aromatic heterocycles. The van der Waals surface area contributed by atoms with E-state index < -0.39 is 0 Å². The van der Waals surface area contributed by atoms with Crippen molar-refractivity contribution >= 4 is 17.5 Å². The Labute approximate surface area is 130 Å². The Hall–Kier alpha value is -1.68. The molecule has 1 heterocycles. The lowest BCUT2D eigenvalue weighted by atomic mass is 9.96. The van der Waals surface area contributed by atoms with Crippen LogP contribution in [0.25, 0.3) is 5.69 Å². The molecule has 0 bridgehead atoms. The van der Waals surface area contributed by atoms with Gasteiger partial charge >= 0.3 is 0 Å². The van der Waals surface area contributed by atoms with Crippen LogP contribution in [0, 0.1) is 0 Å². The first-order chi connectivity index (χ1) is 10.3. The predicted molar refractivity (Wildman–Crippen MR) is 85.6 cm³/mol. The maximum atomic E-state index is 6.13. The number of nitrogens with one attached hydrogen (secondary N) is 1. The SMILES string of the molecule is COc1ccc(Cl)cc1-n1ccnc1NC1CCCCC1. The summed E-state index contributed by atoms with van der Waals surface area (Å²) in [6.45, 7) is 0. The number of halogens is 1. The zero-order chi connectivity index (χ0) is 14.7. The molecule has 112 valence electrons. The molecule has 2 aromatic rings. The molecule has 0 radical (unpaired) electrons. The highest BCUT2D eigenvalue weighted by Gasteiger charge is 2.17. The second-order valence-electron chi connectivity index (χ2n) is 5.42. The van der Waals surface area contributed by atoms with Gasteiger partial charge in [-0.2, -0.15) is 0 Å².